The molecule has 1 unspecified atom stereocenters. The number of rotatable bonds is 3. The summed E-state index contributed by atoms with van der Waals surface area (Å²) in [6.07, 6.45) is 0.199. The van der Waals surface area contributed by atoms with Crippen molar-refractivity contribution in [2.75, 3.05) is 5.32 Å². The predicted molar refractivity (Wildman–Crippen MR) is 82.5 cm³/mol. The molecule has 1 N–H and O–H groups in total. The van der Waals surface area contributed by atoms with Gasteiger partial charge >= 0.3 is 0 Å². The van der Waals surface area contributed by atoms with E-state index in [1.54, 1.807) is 25.1 Å². The third-order valence-corrected chi connectivity index (χ3v) is 4.24. The maximum atomic E-state index is 13.8. The van der Waals surface area contributed by atoms with Crippen LogP contribution in [0.5, 0.6) is 0 Å². The Balaban J connectivity index is 1.74. The highest BCUT2D eigenvalue weighted by Crippen LogP contribution is 2.29. The number of halogens is 1. The molecule has 0 aliphatic carbocycles. The van der Waals surface area contributed by atoms with Gasteiger partial charge in [0, 0.05) is 17.4 Å². The standard InChI is InChI=1S/C15H14FN3O2S/c1-9-8-22-14(17-9)18-13(20)15(2)7-12(19-21-15)10-5-3-4-6-11(10)16/h3-6,8H,7H2,1-2H3,(H,17,18,20). The van der Waals surface area contributed by atoms with Crippen LogP contribution in [0.1, 0.15) is 24.6 Å². The van der Waals surface area contributed by atoms with Crippen molar-refractivity contribution in [3.63, 3.8) is 0 Å². The van der Waals surface area contributed by atoms with Crippen LogP contribution in [0.15, 0.2) is 34.8 Å². The number of thiazole rings is 1. The van der Waals surface area contributed by atoms with Crippen molar-refractivity contribution >= 4 is 28.1 Å². The van der Waals surface area contributed by atoms with E-state index in [0.29, 0.717) is 16.4 Å². The Morgan fingerprint density at radius 1 is 1.45 bits per heavy atom. The number of carbonyl (C=O) groups excluding carboxylic acids is 1. The first-order valence-electron chi connectivity index (χ1n) is 6.71. The lowest BCUT2D eigenvalue weighted by atomic mass is 9.95. The van der Waals surface area contributed by atoms with E-state index in [-0.39, 0.29) is 18.1 Å². The highest BCUT2D eigenvalue weighted by Gasteiger charge is 2.43. The van der Waals surface area contributed by atoms with Crippen LogP contribution in [0.4, 0.5) is 9.52 Å². The first kappa shape index (κ1) is 14.6. The maximum Gasteiger partial charge on any atom is 0.273 e. The maximum absolute atomic E-state index is 13.8. The highest BCUT2D eigenvalue weighted by molar-refractivity contribution is 7.13. The largest absolute Gasteiger partial charge is 0.379 e. The highest BCUT2D eigenvalue weighted by atomic mass is 32.1. The van der Waals surface area contributed by atoms with Gasteiger partial charge in [0.1, 0.15) is 5.82 Å². The van der Waals surface area contributed by atoms with E-state index < -0.39 is 5.60 Å². The van der Waals surface area contributed by atoms with Gasteiger partial charge in [-0.2, -0.15) is 0 Å². The number of carbonyl (C=O) groups is 1. The number of nitrogens with one attached hydrogen (secondary N) is 1. The second-order valence-electron chi connectivity index (χ2n) is 5.26. The zero-order valence-corrected chi connectivity index (χ0v) is 12.9. The molecule has 0 radical (unpaired) electrons. The number of hydrogen-bond donors (Lipinski definition) is 1. The first-order valence-corrected chi connectivity index (χ1v) is 7.59. The molecule has 0 spiro atoms. The zero-order valence-electron chi connectivity index (χ0n) is 12.1. The van der Waals surface area contributed by atoms with Crippen molar-refractivity contribution in [2.45, 2.75) is 25.9 Å². The molecule has 0 saturated heterocycles. The summed E-state index contributed by atoms with van der Waals surface area (Å²) in [6.45, 7) is 3.47. The number of amides is 1. The summed E-state index contributed by atoms with van der Waals surface area (Å²) in [7, 11) is 0. The molecule has 1 aromatic heterocycles. The normalized spacial score (nSPS) is 20.4. The second kappa shape index (κ2) is 5.49. The Hall–Kier alpha value is -2.28. The van der Waals surface area contributed by atoms with Crippen LogP contribution < -0.4 is 5.32 Å². The lowest BCUT2D eigenvalue weighted by Crippen LogP contribution is -2.40. The van der Waals surface area contributed by atoms with Crippen LogP contribution in [0.3, 0.4) is 0 Å². The zero-order chi connectivity index (χ0) is 15.7. The van der Waals surface area contributed by atoms with E-state index in [1.165, 1.54) is 17.4 Å². The van der Waals surface area contributed by atoms with Crippen LogP contribution in [0.2, 0.25) is 0 Å². The molecule has 114 valence electrons. The Bertz CT molecular complexity index is 759. The molecule has 1 atom stereocenters. The fourth-order valence-electron chi connectivity index (χ4n) is 2.14. The van der Waals surface area contributed by atoms with Gasteiger partial charge < -0.3 is 4.84 Å². The summed E-state index contributed by atoms with van der Waals surface area (Å²) in [6, 6.07) is 6.29. The smallest absolute Gasteiger partial charge is 0.273 e. The summed E-state index contributed by atoms with van der Waals surface area (Å²) in [5.74, 6) is -0.734. The topological polar surface area (TPSA) is 63.6 Å². The molecule has 1 aliphatic rings. The van der Waals surface area contributed by atoms with E-state index in [9.17, 15) is 9.18 Å². The fraction of sp³-hybridized carbons (Fsp3) is 0.267. The van der Waals surface area contributed by atoms with Crippen molar-refractivity contribution in [2.24, 2.45) is 5.16 Å². The minimum absolute atomic E-state index is 0.199. The molecule has 3 rings (SSSR count). The predicted octanol–water partition coefficient (Wildman–Crippen LogP) is 3.11. The molecule has 1 amide bonds. The van der Waals surface area contributed by atoms with Crippen LogP contribution in [-0.4, -0.2) is 22.2 Å². The Kier molecular flexibility index (Phi) is 3.66. The van der Waals surface area contributed by atoms with E-state index in [1.807, 2.05) is 12.3 Å². The van der Waals surface area contributed by atoms with Crippen molar-refractivity contribution in [3.05, 3.63) is 46.7 Å². The molecule has 2 heterocycles. The SMILES string of the molecule is Cc1csc(NC(=O)C2(C)CC(c3ccccc3F)=NO2)n1. The average molecular weight is 319 g/mol. The molecule has 0 fully saturated rings. The number of anilines is 1. The van der Waals surface area contributed by atoms with Crippen LogP contribution in [0, 0.1) is 12.7 Å². The van der Waals surface area contributed by atoms with Crippen LogP contribution in [-0.2, 0) is 9.63 Å². The number of aromatic nitrogens is 1. The van der Waals surface area contributed by atoms with Gasteiger partial charge in [0.05, 0.1) is 11.4 Å². The number of hydrogen-bond acceptors (Lipinski definition) is 5. The van der Waals surface area contributed by atoms with Crippen molar-refractivity contribution in [3.8, 4) is 0 Å². The Morgan fingerprint density at radius 2 is 2.23 bits per heavy atom. The van der Waals surface area contributed by atoms with E-state index in [0.717, 1.165) is 5.69 Å². The number of benzene rings is 1. The first-order chi connectivity index (χ1) is 10.5. The second-order valence-corrected chi connectivity index (χ2v) is 6.12. The van der Waals surface area contributed by atoms with E-state index in [4.69, 9.17) is 4.84 Å². The summed E-state index contributed by atoms with van der Waals surface area (Å²) in [5.41, 5.74) is 0.438. The van der Waals surface area contributed by atoms with Crippen molar-refractivity contribution < 1.29 is 14.0 Å². The molecular weight excluding hydrogens is 305 g/mol. The van der Waals surface area contributed by atoms with Crippen molar-refractivity contribution in [1.82, 2.24) is 4.98 Å². The minimum atomic E-state index is -1.17. The molecule has 0 bridgehead atoms. The third-order valence-electron chi connectivity index (χ3n) is 3.37. The summed E-state index contributed by atoms with van der Waals surface area (Å²) in [5, 5.41) is 8.94. The Morgan fingerprint density at radius 3 is 2.91 bits per heavy atom. The van der Waals surface area contributed by atoms with Gasteiger partial charge in [-0.25, -0.2) is 9.37 Å². The van der Waals surface area contributed by atoms with Gasteiger partial charge in [0.25, 0.3) is 5.91 Å². The van der Waals surface area contributed by atoms with Crippen LogP contribution >= 0.6 is 11.3 Å². The van der Waals surface area contributed by atoms with Crippen molar-refractivity contribution in [1.29, 1.82) is 0 Å². The van der Waals surface area contributed by atoms with Gasteiger partial charge in [0.2, 0.25) is 5.60 Å². The van der Waals surface area contributed by atoms with Gasteiger partial charge in [-0.15, -0.1) is 11.3 Å². The van der Waals surface area contributed by atoms with E-state index in [2.05, 4.69) is 15.5 Å². The lowest BCUT2D eigenvalue weighted by molar-refractivity contribution is -0.135. The monoisotopic (exact) mass is 319 g/mol. The number of aryl methyl sites for hydroxylation is 1. The molecule has 22 heavy (non-hydrogen) atoms. The van der Waals surface area contributed by atoms with Gasteiger partial charge in [-0.1, -0.05) is 23.4 Å². The van der Waals surface area contributed by atoms with Crippen LogP contribution in [0.25, 0.3) is 0 Å². The molecule has 2 aromatic rings. The molecule has 1 aromatic carbocycles. The lowest BCUT2D eigenvalue weighted by Gasteiger charge is -2.19. The average Bonchev–Trinajstić information content (AvgIpc) is 3.07. The molecule has 1 aliphatic heterocycles. The third kappa shape index (κ3) is 2.71. The molecule has 7 heteroatoms. The molecular formula is C15H14FN3O2S. The number of nitrogens with zero attached hydrogens (tertiary/aromatic N) is 2. The fourth-order valence-corrected chi connectivity index (χ4v) is 2.83. The summed E-state index contributed by atoms with van der Waals surface area (Å²) < 4.78 is 13.8. The van der Waals surface area contributed by atoms with Gasteiger partial charge in [-0.3, -0.25) is 10.1 Å². The van der Waals surface area contributed by atoms with Gasteiger partial charge in [-0.05, 0) is 19.9 Å². The number of oxime groups is 1. The molecule has 5 nitrogen and oxygen atoms in total. The Labute approximate surface area is 130 Å². The summed E-state index contributed by atoms with van der Waals surface area (Å²) >= 11 is 1.34. The molecule has 0 saturated carbocycles. The van der Waals surface area contributed by atoms with E-state index >= 15 is 0 Å². The minimum Gasteiger partial charge on any atom is -0.379 e. The van der Waals surface area contributed by atoms with Gasteiger partial charge in [0.15, 0.2) is 5.13 Å². The summed E-state index contributed by atoms with van der Waals surface area (Å²) in [4.78, 5) is 21.8. The quantitative estimate of drug-likeness (QED) is 0.945.